The van der Waals surface area contributed by atoms with Crippen LogP contribution in [0.15, 0.2) is 36.8 Å². The van der Waals surface area contributed by atoms with Gasteiger partial charge in [-0.1, -0.05) is 0 Å². The van der Waals surface area contributed by atoms with E-state index in [0.29, 0.717) is 17.2 Å². The number of halogens is 1. The summed E-state index contributed by atoms with van der Waals surface area (Å²) in [5.74, 6) is -0.0713. The molecule has 4 rings (SSSR count). The number of amides is 1. The summed E-state index contributed by atoms with van der Waals surface area (Å²) in [4.78, 5) is 21.8. The van der Waals surface area contributed by atoms with E-state index in [1.54, 1.807) is 18.0 Å². The van der Waals surface area contributed by atoms with Gasteiger partial charge < -0.3 is 20.1 Å². The summed E-state index contributed by atoms with van der Waals surface area (Å²) in [6, 6.07) is 4.63. The molecule has 1 amide bonds. The Labute approximate surface area is 201 Å². The fourth-order valence-corrected chi connectivity index (χ4v) is 5.07. The lowest BCUT2D eigenvalue weighted by Crippen LogP contribution is -2.34. The molecule has 3 heterocycles. The maximum atomic E-state index is 14.3. The number of likely N-dealkylation sites (tertiary alicyclic amines) is 1. The van der Waals surface area contributed by atoms with E-state index >= 15 is 0 Å². The van der Waals surface area contributed by atoms with Crippen LogP contribution in [0, 0.1) is 18.7 Å². The van der Waals surface area contributed by atoms with Crippen molar-refractivity contribution in [3.63, 3.8) is 0 Å². The van der Waals surface area contributed by atoms with Crippen molar-refractivity contribution in [2.75, 3.05) is 26.7 Å². The number of carbonyl (C=O) groups excluding carboxylic acids is 1. The molecule has 7 heteroatoms. The molecule has 6 nitrogen and oxygen atoms in total. The SMILES string of the molecule is Cc1cncc2c1c(CC1CCN(CC(C)N)C1)cn2-c1ccc(F)cc1C(=O)N(C)C(C)C. The number of nitrogens with zero attached hydrogens (tertiary/aromatic N) is 4. The van der Waals surface area contributed by atoms with Gasteiger partial charge in [0, 0.05) is 50.0 Å². The molecule has 0 saturated carbocycles. The standard InChI is InChI=1S/C27H36FN5O/c1-17(2)31(5)27(34)23-11-22(28)6-7-24(23)33-16-21(26-18(3)12-30-13-25(26)33)10-20-8-9-32(15-20)14-19(4)29/h6-7,11-13,16-17,19-20H,8-10,14-15,29H2,1-5H3. The van der Waals surface area contributed by atoms with Crippen LogP contribution in [0.4, 0.5) is 4.39 Å². The minimum Gasteiger partial charge on any atom is -0.339 e. The third kappa shape index (κ3) is 4.86. The van der Waals surface area contributed by atoms with Gasteiger partial charge in [-0.05, 0) is 82.3 Å². The molecule has 1 saturated heterocycles. The van der Waals surface area contributed by atoms with Gasteiger partial charge in [-0.3, -0.25) is 9.78 Å². The molecule has 2 aromatic heterocycles. The first-order valence-electron chi connectivity index (χ1n) is 12.1. The zero-order chi connectivity index (χ0) is 24.6. The molecule has 1 aliphatic rings. The summed E-state index contributed by atoms with van der Waals surface area (Å²) in [6.45, 7) is 11.1. The van der Waals surface area contributed by atoms with Crippen molar-refractivity contribution in [1.82, 2.24) is 19.4 Å². The van der Waals surface area contributed by atoms with Crippen LogP contribution in [-0.2, 0) is 6.42 Å². The van der Waals surface area contributed by atoms with Gasteiger partial charge in [0.2, 0.25) is 0 Å². The number of aryl methyl sites for hydroxylation is 1. The molecule has 182 valence electrons. The highest BCUT2D eigenvalue weighted by Gasteiger charge is 2.26. The Balaban J connectivity index is 1.76. The molecule has 0 radical (unpaired) electrons. The molecule has 1 aromatic carbocycles. The van der Waals surface area contributed by atoms with E-state index < -0.39 is 5.82 Å². The molecule has 1 aliphatic heterocycles. The summed E-state index contributed by atoms with van der Waals surface area (Å²) < 4.78 is 16.3. The average Bonchev–Trinajstić information content (AvgIpc) is 3.37. The topological polar surface area (TPSA) is 67.4 Å². The predicted octanol–water partition coefficient (Wildman–Crippen LogP) is 4.17. The highest BCUT2D eigenvalue weighted by atomic mass is 19.1. The van der Waals surface area contributed by atoms with E-state index in [1.165, 1.54) is 23.1 Å². The van der Waals surface area contributed by atoms with Crippen LogP contribution in [0.1, 0.15) is 48.7 Å². The van der Waals surface area contributed by atoms with Crippen LogP contribution >= 0.6 is 0 Å². The van der Waals surface area contributed by atoms with Crippen LogP contribution in [0.25, 0.3) is 16.6 Å². The lowest BCUT2D eigenvalue weighted by Gasteiger charge is -2.23. The van der Waals surface area contributed by atoms with Gasteiger partial charge in [0.05, 0.1) is 23.0 Å². The summed E-state index contributed by atoms with van der Waals surface area (Å²) in [5, 5.41) is 1.17. The van der Waals surface area contributed by atoms with Crippen molar-refractivity contribution in [2.24, 2.45) is 11.7 Å². The van der Waals surface area contributed by atoms with Gasteiger partial charge in [0.25, 0.3) is 5.91 Å². The Kier molecular flexibility index (Phi) is 7.05. The minimum absolute atomic E-state index is 0.00560. The van der Waals surface area contributed by atoms with Gasteiger partial charge in [-0.25, -0.2) is 4.39 Å². The molecule has 2 atom stereocenters. The van der Waals surface area contributed by atoms with Gasteiger partial charge >= 0.3 is 0 Å². The first-order chi connectivity index (χ1) is 16.2. The largest absolute Gasteiger partial charge is 0.339 e. The minimum atomic E-state index is -0.421. The fraction of sp³-hybridized carbons (Fsp3) is 0.481. The van der Waals surface area contributed by atoms with Crippen molar-refractivity contribution < 1.29 is 9.18 Å². The van der Waals surface area contributed by atoms with Crippen LogP contribution in [-0.4, -0.2) is 64.0 Å². The summed E-state index contributed by atoms with van der Waals surface area (Å²) in [6.07, 6.45) is 7.93. The van der Waals surface area contributed by atoms with Crippen LogP contribution < -0.4 is 5.73 Å². The van der Waals surface area contributed by atoms with Crippen molar-refractivity contribution in [1.29, 1.82) is 0 Å². The maximum Gasteiger partial charge on any atom is 0.256 e. The molecule has 0 aliphatic carbocycles. The quantitative estimate of drug-likeness (QED) is 0.569. The van der Waals surface area contributed by atoms with E-state index in [0.717, 1.165) is 43.6 Å². The number of benzene rings is 1. The summed E-state index contributed by atoms with van der Waals surface area (Å²) >= 11 is 0. The van der Waals surface area contributed by atoms with E-state index in [9.17, 15) is 9.18 Å². The fourth-order valence-electron chi connectivity index (χ4n) is 5.07. The second-order valence-corrected chi connectivity index (χ2v) is 10.1. The number of nitrogens with two attached hydrogens (primary N) is 1. The average molecular weight is 466 g/mol. The molecular weight excluding hydrogens is 429 g/mol. The number of aromatic nitrogens is 2. The second kappa shape index (κ2) is 9.84. The van der Waals surface area contributed by atoms with Gasteiger partial charge in [0.1, 0.15) is 5.82 Å². The Bertz CT molecular complexity index is 1190. The monoisotopic (exact) mass is 465 g/mol. The number of hydrogen-bond donors (Lipinski definition) is 1. The number of hydrogen-bond acceptors (Lipinski definition) is 4. The number of carbonyl (C=O) groups is 1. The van der Waals surface area contributed by atoms with Crippen molar-refractivity contribution >= 4 is 16.8 Å². The molecule has 3 aromatic rings. The van der Waals surface area contributed by atoms with Crippen molar-refractivity contribution in [3.05, 3.63) is 59.3 Å². The molecule has 2 unspecified atom stereocenters. The normalized spacial score (nSPS) is 17.6. The van der Waals surface area contributed by atoms with Crippen molar-refractivity contribution in [2.45, 2.75) is 52.6 Å². The third-order valence-corrected chi connectivity index (χ3v) is 6.95. The van der Waals surface area contributed by atoms with Crippen molar-refractivity contribution in [3.8, 4) is 5.69 Å². The Morgan fingerprint density at radius 1 is 1.29 bits per heavy atom. The first kappa shape index (κ1) is 24.4. The molecule has 0 bridgehead atoms. The molecular formula is C27H36FN5O. The molecule has 2 N–H and O–H groups in total. The molecule has 1 fully saturated rings. The van der Waals surface area contributed by atoms with E-state index in [1.807, 2.05) is 30.8 Å². The smallest absolute Gasteiger partial charge is 0.256 e. The highest BCUT2D eigenvalue weighted by molar-refractivity contribution is 5.99. The van der Waals surface area contributed by atoms with Crippen LogP contribution in [0.2, 0.25) is 0 Å². The summed E-state index contributed by atoms with van der Waals surface area (Å²) in [5.41, 5.74) is 10.3. The Morgan fingerprint density at radius 3 is 2.76 bits per heavy atom. The van der Waals surface area contributed by atoms with E-state index in [2.05, 4.69) is 29.9 Å². The zero-order valence-corrected chi connectivity index (χ0v) is 20.9. The maximum absolute atomic E-state index is 14.3. The first-order valence-corrected chi connectivity index (χ1v) is 12.1. The predicted molar refractivity (Wildman–Crippen MR) is 135 cm³/mol. The molecule has 0 spiro atoms. The Morgan fingerprint density at radius 2 is 2.06 bits per heavy atom. The van der Waals surface area contributed by atoms with Gasteiger partial charge in [0.15, 0.2) is 0 Å². The van der Waals surface area contributed by atoms with Crippen LogP contribution in [0.5, 0.6) is 0 Å². The summed E-state index contributed by atoms with van der Waals surface area (Å²) in [7, 11) is 1.75. The Hall–Kier alpha value is -2.77. The van der Waals surface area contributed by atoms with Gasteiger partial charge in [-0.15, -0.1) is 0 Å². The number of pyridine rings is 1. The highest BCUT2D eigenvalue weighted by Crippen LogP contribution is 2.32. The third-order valence-electron chi connectivity index (χ3n) is 6.95. The lowest BCUT2D eigenvalue weighted by molar-refractivity contribution is 0.0754. The second-order valence-electron chi connectivity index (χ2n) is 10.1. The van der Waals surface area contributed by atoms with Crippen LogP contribution in [0.3, 0.4) is 0 Å². The van der Waals surface area contributed by atoms with Gasteiger partial charge in [-0.2, -0.15) is 0 Å². The number of fused-ring (bicyclic) bond motifs is 1. The number of rotatable bonds is 7. The lowest BCUT2D eigenvalue weighted by atomic mass is 9.97. The van der Waals surface area contributed by atoms with E-state index in [4.69, 9.17) is 5.73 Å². The molecule has 34 heavy (non-hydrogen) atoms. The zero-order valence-electron chi connectivity index (χ0n) is 20.9. The van der Waals surface area contributed by atoms with E-state index in [-0.39, 0.29) is 18.0 Å².